The first kappa shape index (κ1) is 9.94. The largest absolute Gasteiger partial charge is 0.305 e. The van der Waals surface area contributed by atoms with E-state index in [-0.39, 0.29) is 6.54 Å². The molecule has 72 valence electrons. The third kappa shape index (κ3) is 2.72. The molecule has 0 saturated heterocycles. The van der Waals surface area contributed by atoms with E-state index < -0.39 is 6.04 Å². The van der Waals surface area contributed by atoms with Crippen molar-refractivity contribution in [3.05, 3.63) is 40.5 Å². The van der Waals surface area contributed by atoms with Crippen LogP contribution < -0.4 is 5.84 Å². The van der Waals surface area contributed by atoms with Crippen molar-refractivity contribution in [2.75, 3.05) is 6.54 Å². The first-order valence-corrected chi connectivity index (χ1v) is 3.90. The fourth-order valence-electron chi connectivity index (χ4n) is 0.957. The molecular formula is C7H9N7. The molecule has 0 aliphatic carbocycles. The van der Waals surface area contributed by atoms with E-state index in [4.69, 9.17) is 11.4 Å². The topological polar surface area (TPSA) is 112 Å². The van der Waals surface area contributed by atoms with Gasteiger partial charge < -0.3 is 5.84 Å². The number of hydrogen-bond acceptors (Lipinski definition) is 4. The lowest BCUT2D eigenvalue weighted by Gasteiger charge is -2.05. The number of rotatable bonds is 4. The van der Waals surface area contributed by atoms with Crippen LogP contribution in [0.4, 0.5) is 0 Å². The lowest BCUT2D eigenvalue weighted by molar-refractivity contribution is 0.658. The number of nitrogens with zero attached hydrogens (tertiary/aromatic N) is 6. The SMILES string of the molecule is [N-]=[N+]=NCC(N=NN)c1ccccn1. The van der Waals surface area contributed by atoms with Crippen LogP contribution in [0.5, 0.6) is 0 Å². The molecule has 0 amide bonds. The van der Waals surface area contributed by atoms with Crippen molar-refractivity contribution in [2.24, 2.45) is 21.3 Å². The van der Waals surface area contributed by atoms with Gasteiger partial charge in [0, 0.05) is 11.1 Å². The molecule has 0 saturated carbocycles. The maximum Gasteiger partial charge on any atom is 0.120 e. The van der Waals surface area contributed by atoms with Crippen LogP contribution >= 0.6 is 0 Å². The van der Waals surface area contributed by atoms with E-state index >= 15 is 0 Å². The van der Waals surface area contributed by atoms with E-state index in [0.717, 1.165) is 0 Å². The monoisotopic (exact) mass is 191 g/mol. The Bertz CT molecular complexity index is 340. The third-order valence-corrected chi connectivity index (χ3v) is 1.55. The van der Waals surface area contributed by atoms with Crippen molar-refractivity contribution in [2.45, 2.75) is 6.04 Å². The number of azide groups is 1. The Hall–Kier alpha value is -2.14. The van der Waals surface area contributed by atoms with Gasteiger partial charge in [-0.15, -0.1) is 0 Å². The molecule has 7 heteroatoms. The minimum Gasteiger partial charge on any atom is -0.305 e. The number of pyridine rings is 1. The highest BCUT2D eigenvalue weighted by Crippen LogP contribution is 2.14. The number of hydrogen-bond donors (Lipinski definition) is 1. The summed E-state index contributed by atoms with van der Waals surface area (Å²) in [6.07, 6.45) is 1.63. The minimum absolute atomic E-state index is 0.161. The third-order valence-electron chi connectivity index (χ3n) is 1.55. The van der Waals surface area contributed by atoms with Crippen LogP contribution in [0.3, 0.4) is 0 Å². The predicted octanol–water partition coefficient (Wildman–Crippen LogP) is 1.76. The first-order chi connectivity index (χ1) is 6.88. The fourth-order valence-corrected chi connectivity index (χ4v) is 0.957. The summed E-state index contributed by atoms with van der Waals surface area (Å²) in [5.74, 6) is 4.93. The average molecular weight is 191 g/mol. The molecule has 0 aliphatic heterocycles. The second-order valence-corrected chi connectivity index (χ2v) is 2.41. The van der Waals surface area contributed by atoms with Crippen LogP contribution in [-0.4, -0.2) is 11.5 Å². The lowest BCUT2D eigenvalue weighted by atomic mass is 10.2. The van der Waals surface area contributed by atoms with Crippen molar-refractivity contribution in [3.8, 4) is 0 Å². The zero-order valence-corrected chi connectivity index (χ0v) is 7.35. The second kappa shape index (κ2) is 5.50. The molecule has 0 fully saturated rings. The van der Waals surface area contributed by atoms with Gasteiger partial charge in [-0.3, -0.25) is 4.98 Å². The van der Waals surface area contributed by atoms with Crippen molar-refractivity contribution < 1.29 is 0 Å². The Morgan fingerprint density at radius 3 is 3.00 bits per heavy atom. The van der Waals surface area contributed by atoms with Crippen LogP contribution in [0, 0.1) is 0 Å². The van der Waals surface area contributed by atoms with E-state index in [1.807, 2.05) is 6.07 Å². The van der Waals surface area contributed by atoms with Crippen molar-refractivity contribution in [1.29, 1.82) is 0 Å². The summed E-state index contributed by atoms with van der Waals surface area (Å²) in [4.78, 5) is 6.70. The van der Waals surface area contributed by atoms with Gasteiger partial charge in [-0.2, -0.15) is 5.11 Å². The van der Waals surface area contributed by atoms with Gasteiger partial charge in [-0.25, -0.2) is 0 Å². The summed E-state index contributed by atoms with van der Waals surface area (Å²) in [7, 11) is 0. The molecule has 0 aromatic carbocycles. The van der Waals surface area contributed by atoms with E-state index in [9.17, 15) is 0 Å². The van der Waals surface area contributed by atoms with E-state index in [1.165, 1.54) is 0 Å². The summed E-state index contributed by atoms with van der Waals surface area (Å²) in [5, 5.41) is 10.3. The van der Waals surface area contributed by atoms with E-state index in [1.54, 1.807) is 18.3 Å². The summed E-state index contributed by atoms with van der Waals surface area (Å²) in [6, 6.07) is 4.97. The Kier molecular flexibility index (Phi) is 3.90. The molecule has 1 unspecified atom stereocenters. The highest BCUT2D eigenvalue weighted by atomic mass is 15.3. The molecule has 7 nitrogen and oxygen atoms in total. The summed E-state index contributed by atoms with van der Waals surface area (Å²) in [6.45, 7) is 0.161. The zero-order chi connectivity index (χ0) is 10.2. The van der Waals surface area contributed by atoms with Crippen LogP contribution in [0.25, 0.3) is 10.4 Å². The van der Waals surface area contributed by atoms with E-state index in [2.05, 4.69) is 25.3 Å². The summed E-state index contributed by atoms with van der Waals surface area (Å²) >= 11 is 0. The molecule has 1 heterocycles. The average Bonchev–Trinajstić information content (AvgIpc) is 2.25. The van der Waals surface area contributed by atoms with E-state index in [0.29, 0.717) is 5.69 Å². The Morgan fingerprint density at radius 2 is 2.43 bits per heavy atom. The second-order valence-electron chi connectivity index (χ2n) is 2.41. The van der Waals surface area contributed by atoms with Crippen molar-refractivity contribution in [1.82, 2.24) is 4.98 Å². The zero-order valence-electron chi connectivity index (χ0n) is 7.35. The highest BCUT2D eigenvalue weighted by molar-refractivity contribution is 5.09. The highest BCUT2D eigenvalue weighted by Gasteiger charge is 2.09. The molecule has 0 aliphatic rings. The molecule has 0 radical (unpaired) electrons. The van der Waals surface area contributed by atoms with Gasteiger partial charge in [-0.1, -0.05) is 16.4 Å². The molecule has 1 atom stereocenters. The predicted molar refractivity (Wildman–Crippen MR) is 50.0 cm³/mol. The standard InChI is InChI=1S/C7H9N7/c8-13-11-5-7(12-14-9)6-3-1-2-4-10-6/h1-4,7H,5H2,(H2,9,12). The Morgan fingerprint density at radius 1 is 1.57 bits per heavy atom. The number of nitrogens with two attached hydrogens (primary N) is 1. The smallest absolute Gasteiger partial charge is 0.120 e. The van der Waals surface area contributed by atoms with Crippen LogP contribution in [-0.2, 0) is 0 Å². The molecule has 14 heavy (non-hydrogen) atoms. The lowest BCUT2D eigenvalue weighted by Crippen LogP contribution is -2.01. The quantitative estimate of drug-likeness (QED) is 0.257. The normalized spacial score (nSPS) is 12.3. The van der Waals surface area contributed by atoms with Crippen molar-refractivity contribution >= 4 is 0 Å². The maximum atomic E-state index is 8.16. The van der Waals surface area contributed by atoms with Gasteiger partial charge in [0.15, 0.2) is 0 Å². The molecular weight excluding hydrogens is 182 g/mol. The first-order valence-electron chi connectivity index (χ1n) is 3.90. The molecule has 1 rings (SSSR count). The Balaban J connectivity index is 2.82. The molecule has 1 aromatic rings. The fraction of sp³-hybridized carbons (Fsp3) is 0.286. The van der Waals surface area contributed by atoms with Gasteiger partial charge in [0.1, 0.15) is 6.04 Å². The van der Waals surface area contributed by atoms with Crippen LogP contribution in [0.2, 0.25) is 0 Å². The minimum atomic E-state index is -0.405. The van der Waals surface area contributed by atoms with Crippen LogP contribution in [0.15, 0.2) is 39.8 Å². The van der Waals surface area contributed by atoms with Crippen molar-refractivity contribution in [3.63, 3.8) is 0 Å². The van der Waals surface area contributed by atoms with Gasteiger partial charge in [0.2, 0.25) is 0 Å². The molecule has 2 N–H and O–H groups in total. The molecule has 0 bridgehead atoms. The summed E-state index contributed by atoms with van der Waals surface area (Å²) < 4.78 is 0. The molecule has 0 spiro atoms. The summed E-state index contributed by atoms with van der Waals surface area (Å²) in [5.41, 5.74) is 8.84. The van der Waals surface area contributed by atoms with Gasteiger partial charge >= 0.3 is 0 Å². The number of aromatic nitrogens is 1. The van der Waals surface area contributed by atoms with Gasteiger partial charge in [0.25, 0.3) is 0 Å². The van der Waals surface area contributed by atoms with Gasteiger partial charge in [0.05, 0.1) is 12.2 Å². The maximum absolute atomic E-state index is 8.16. The Labute approximate surface area is 80.3 Å². The van der Waals surface area contributed by atoms with Gasteiger partial charge in [-0.05, 0) is 17.7 Å². The van der Waals surface area contributed by atoms with Crippen LogP contribution in [0.1, 0.15) is 11.7 Å². The molecule has 1 aromatic heterocycles.